The highest BCUT2D eigenvalue weighted by molar-refractivity contribution is 6.33. The third kappa shape index (κ3) is 2.57. The predicted molar refractivity (Wildman–Crippen MR) is 52.3 cm³/mol. The molecule has 5 nitrogen and oxygen atoms in total. The van der Waals surface area contributed by atoms with Crippen molar-refractivity contribution in [1.82, 2.24) is 4.98 Å². The maximum atomic E-state index is 10.7. The minimum absolute atomic E-state index is 0.0121. The summed E-state index contributed by atoms with van der Waals surface area (Å²) in [5, 5.41) is 17.3. The van der Waals surface area contributed by atoms with E-state index in [1.807, 2.05) is 0 Å². The first kappa shape index (κ1) is 11.7. The Bertz CT molecular complexity index is 407. The van der Waals surface area contributed by atoms with E-state index in [1.54, 1.807) is 0 Å². The number of carboxylic acids is 2. The molecule has 7 heteroatoms. The number of carboxylic acid groups (broad SMARTS) is 2. The van der Waals surface area contributed by atoms with Crippen molar-refractivity contribution >= 4 is 35.1 Å². The molecule has 0 aliphatic carbocycles. The van der Waals surface area contributed by atoms with Gasteiger partial charge < -0.3 is 10.2 Å². The van der Waals surface area contributed by atoms with Crippen molar-refractivity contribution < 1.29 is 19.8 Å². The molecule has 0 unspecified atom stereocenters. The van der Waals surface area contributed by atoms with Crippen LogP contribution in [0.15, 0.2) is 12.1 Å². The number of nitrogens with zero attached hydrogens (tertiary/aromatic N) is 1. The summed E-state index contributed by atoms with van der Waals surface area (Å²) in [7, 11) is 0. The molecule has 0 aliphatic heterocycles. The van der Waals surface area contributed by atoms with Gasteiger partial charge in [-0.15, -0.1) is 0 Å². The monoisotopic (exact) mass is 249 g/mol. The number of hydrogen-bond acceptors (Lipinski definition) is 3. The van der Waals surface area contributed by atoms with Gasteiger partial charge in [-0.3, -0.25) is 9.59 Å². The van der Waals surface area contributed by atoms with E-state index in [0.717, 1.165) is 0 Å². The molecule has 0 saturated carbocycles. The summed E-state index contributed by atoms with van der Waals surface area (Å²) in [5.74, 6) is -4.89. The van der Waals surface area contributed by atoms with Crippen molar-refractivity contribution in [2.75, 3.05) is 0 Å². The minimum Gasteiger partial charge on any atom is -0.480 e. The van der Waals surface area contributed by atoms with E-state index in [2.05, 4.69) is 4.98 Å². The number of halogens is 2. The molecule has 15 heavy (non-hydrogen) atoms. The average Bonchev–Trinajstić information content (AvgIpc) is 2.10. The van der Waals surface area contributed by atoms with E-state index < -0.39 is 17.9 Å². The van der Waals surface area contributed by atoms with Gasteiger partial charge in [-0.2, -0.15) is 0 Å². The molecule has 0 saturated heterocycles. The predicted octanol–water partition coefficient (Wildman–Crippen LogP) is 1.64. The molecular formula is C8H5Cl2NO4. The quantitative estimate of drug-likeness (QED) is 0.628. The summed E-state index contributed by atoms with van der Waals surface area (Å²) in [6.45, 7) is 0. The average molecular weight is 250 g/mol. The molecule has 0 aromatic carbocycles. The molecule has 0 spiro atoms. The highest BCUT2D eigenvalue weighted by Gasteiger charge is 2.31. The van der Waals surface area contributed by atoms with Crippen molar-refractivity contribution in [3.8, 4) is 0 Å². The van der Waals surface area contributed by atoms with Crippen LogP contribution in [0.5, 0.6) is 0 Å². The maximum Gasteiger partial charge on any atom is 0.324 e. The first-order valence-corrected chi connectivity index (χ1v) is 4.46. The first-order valence-electron chi connectivity index (χ1n) is 3.71. The van der Waals surface area contributed by atoms with Gasteiger partial charge in [-0.1, -0.05) is 23.2 Å². The Kier molecular flexibility index (Phi) is 3.49. The molecule has 2 N–H and O–H groups in total. The van der Waals surface area contributed by atoms with E-state index in [1.165, 1.54) is 12.1 Å². The maximum absolute atomic E-state index is 10.7. The summed E-state index contributed by atoms with van der Waals surface area (Å²) in [4.78, 5) is 25.0. The Hall–Kier alpha value is -1.33. The lowest BCUT2D eigenvalue weighted by Crippen LogP contribution is -2.22. The van der Waals surface area contributed by atoms with Crippen LogP contribution in [0, 0.1) is 0 Å². The van der Waals surface area contributed by atoms with Gasteiger partial charge in [-0.25, -0.2) is 4.98 Å². The van der Waals surface area contributed by atoms with Gasteiger partial charge in [0.25, 0.3) is 0 Å². The van der Waals surface area contributed by atoms with Crippen LogP contribution < -0.4 is 0 Å². The Balaban J connectivity index is 3.28. The van der Waals surface area contributed by atoms with Crippen LogP contribution in [-0.2, 0) is 9.59 Å². The van der Waals surface area contributed by atoms with Crippen molar-refractivity contribution in [1.29, 1.82) is 0 Å². The van der Waals surface area contributed by atoms with E-state index in [9.17, 15) is 9.59 Å². The molecule has 1 heterocycles. The highest BCUT2D eigenvalue weighted by atomic mass is 35.5. The normalized spacial score (nSPS) is 10.3. The molecule has 0 atom stereocenters. The molecule has 0 aliphatic rings. The second-order valence-electron chi connectivity index (χ2n) is 2.61. The van der Waals surface area contributed by atoms with Crippen LogP contribution in [0.2, 0.25) is 10.2 Å². The number of rotatable bonds is 3. The molecule has 0 fully saturated rings. The van der Waals surface area contributed by atoms with Crippen LogP contribution in [-0.4, -0.2) is 27.1 Å². The first-order chi connectivity index (χ1) is 6.93. The fraction of sp³-hybridized carbons (Fsp3) is 0.125. The van der Waals surface area contributed by atoms with Gasteiger partial charge in [0, 0.05) is 0 Å². The van der Waals surface area contributed by atoms with Crippen LogP contribution in [0.3, 0.4) is 0 Å². The number of pyridine rings is 1. The van der Waals surface area contributed by atoms with Crippen molar-refractivity contribution in [3.63, 3.8) is 0 Å². The van der Waals surface area contributed by atoms with E-state index in [-0.39, 0.29) is 15.9 Å². The third-order valence-electron chi connectivity index (χ3n) is 1.61. The summed E-state index contributed by atoms with van der Waals surface area (Å²) < 4.78 is 0. The summed E-state index contributed by atoms with van der Waals surface area (Å²) in [6.07, 6.45) is 0. The zero-order valence-electron chi connectivity index (χ0n) is 7.15. The SMILES string of the molecule is O=C(O)C(C(=O)O)c1nc(Cl)ccc1Cl. The lowest BCUT2D eigenvalue weighted by atomic mass is 10.1. The van der Waals surface area contributed by atoms with Crippen LogP contribution >= 0.6 is 23.2 Å². The summed E-state index contributed by atoms with van der Waals surface area (Å²) >= 11 is 11.1. The summed E-state index contributed by atoms with van der Waals surface area (Å²) in [6, 6.07) is 2.64. The number of carbonyl (C=O) groups is 2. The van der Waals surface area contributed by atoms with E-state index in [4.69, 9.17) is 33.4 Å². The van der Waals surface area contributed by atoms with E-state index in [0.29, 0.717) is 0 Å². The van der Waals surface area contributed by atoms with Gasteiger partial charge in [0.15, 0.2) is 5.92 Å². The molecule has 0 bridgehead atoms. The van der Waals surface area contributed by atoms with Gasteiger partial charge in [-0.05, 0) is 12.1 Å². The van der Waals surface area contributed by atoms with Crippen molar-refractivity contribution in [2.24, 2.45) is 0 Å². The molecule has 1 aromatic heterocycles. The molecule has 0 radical (unpaired) electrons. The van der Waals surface area contributed by atoms with Gasteiger partial charge >= 0.3 is 11.9 Å². The van der Waals surface area contributed by atoms with E-state index >= 15 is 0 Å². The lowest BCUT2D eigenvalue weighted by Gasteiger charge is -2.08. The van der Waals surface area contributed by atoms with Crippen molar-refractivity contribution in [3.05, 3.63) is 28.0 Å². The fourth-order valence-corrected chi connectivity index (χ4v) is 1.34. The zero-order valence-corrected chi connectivity index (χ0v) is 8.66. The number of hydrogen-bond donors (Lipinski definition) is 2. The fourth-order valence-electron chi connectivity index (χ4n) is 0.975. The molecule has 0 amide bonds. The standard InChI is InChI=1S/C8H5Cl2NO4/c9-3-1-2-4(10)11-6(3)5(7(12)13)8(14)15/h1-2,5H,(H,12,13)(H,14,15). The molecule has 80 valence electrons. The third-order valence-corrected chi connectivity index (χ3v) is 2.14. The highest BCUT2D eigenvalue weighted by Crippen LogP contribution is 2.25. The van der Waals surface area contributed by atoms with Gasteiger partial charge in [0.1, 0.15) is 5.15 Å². The Morgan fingerprint density at radius 2 is 1.73 bits per heavy atom. The van der Waals surface area contributed by atoms with Gasteiger partial charge in [0.2, 0.25) is 0 Å². The van der Waals surface area contributed by atoms with Crippen LogP contribution in [0.25, 0.3) is 0 Å². The molecular weight excluding hydrogens is 245 g/mol. The minimum atomic E-state index is -1.81. The van der Waals surface area contributed by atoms with Crippen LogP contribution in [0.4, 0.5) is 0 Å². The van der Waals surface area contributed by atoms with Gasteiger partial charge in [0.05, 0.1) is 10.7 Å². The number of aliphatic carboxylic acids is 2. The Labute approximate surface area is 94.3 Å². The molecule has 1 rings (SSSR count). The van der Waals surface area contributed by atoms with Crippen LogP contribution in [0.1, 0.15) is 11.6 Å². The topological polar surface area (TPSA) is 87.5 Å². The number of aromatic nitrogens is 1. The smallest absolute Gasteiger partial charge is 0.324 e. The zero-order chi connectivity index (χ0) is 11.6. The summed E-state index contributed by atoms with van der Waals surface area (Å²) in [5.41, 5.74) is -0.274. The second-order valence-corrected chi connectivity index (χ2v) is 3.40. The lowest BCUT2D eigenvalue weighted by molar-refractivity contribution is -0.150. The molecule has 1 aromatic rings. The van der Waals surface area contributed by atoms with Crippen molar-refractivity contribution in [2.45, 2.75) is 5.92 Å². The Morgan fingerprint density at radius 1 is 1.20 bits per heavy atom. The second kappa shape index (κ2) is 4.46. The largest absolute Gasteiger partial charge is 0.480 e. The Morgan fingerprint density at radius 3 is 2.20 bits per heavy atom.